The van der Waals surface area contributed by atoms with Crippen LogP contribution in [-0.2, 0) is 10.1 Å². The summed E-state index contributed by atoms with van der Waals surface area (Å²) in [6, 6.07) is 11.3. The predicted octanol–water partition coefficient (Wildman–Crippen LogP) is 1.13. The number of hydrogen-bond donors (Lipinski definition) is 3. The topological polar surface area (TPSA) is 120 Å². The molecule has 8 heteroatoms. The monoisotopic (exact) mass is 318 g/mol. The number of aromatic nitrogens is 2. The van der Waals surface area contributed by atoms with E-state index in [9.17, 15) is 22.6 Å². The van der Waals surface area contributed by atoms with Crippen LogP contribution in [-0.4, -0.2) is 22.9 Å². The fourth-order valence-electron chi connectivity index (χ4n) is 2.34. The van der Waals surface area contributed by atoms with Crippen LogP contribution in [0.3, 0.4) is 0 Å². The van der Waals surface area contributed by atoms with Gasteiger partial charge in [-0.2, -0.15) is 8.42 Å². The van der Waals surface area contributed by atoms with Crippen molar-refractivity contribution in [1.29, 1.82) is 0 Å². The molecule has 0 spiro atoms. The van der Waals surface area contributed by atoms with E-state index in [-0.39, 0.29) is 16.5 Å². The second-order valence-corrected chi connectivity index (χ2v) is 5.97. The van der Waals surface area contributed by atoms with Crippen molar-refractivity contribution in [2.75, 3.05) is 0 Å². The summed E-state index contributed by atoms with van der Waals surface area (Å²) in [5.74, 6) is 0. The molecule has 0 unspecified atom stereocenters. The Labute approximate surface area is 124 Å². The first kappa shape index (κ1) is 14.2. The van der Waals surface area contributed by atoms with E-state index in [2.05, 4.69) is 4.98 Å². The molecule has 0 saturated carbocycles. The molecule has 0 radical (unpaired) electrons. The van der Waals surface area contributed by atoms with Crippen molar-refractivity contribution in [3.05, 3.63) is 63.3 Å². The summed E-state index contributed by atoms with van der Waals surface area (Å²) in [4.78, 5) is 27.1. The van der Waals surface area contributed by atoms with Gasteiger partial charge < -0.3 is 4.98 Å². The average Bonchev–Trinajstić information content (AvgIpc) is 2.46. The predicted molar refractivity (Wildman–Crippen MR) is 80.4 cm³/mol. The number of fused-ring (bicyclic) bond motifs is 1. The molecule has 0 saturated heterocycles. The Hall–Kier alpha value is -2.71. The summed E-state index contributed by atoms with van der Waals surface area (Å²) >= 11 is 0. The van der Waals surface area contributed by atoms with Gasteiger partial charge in [-0.15, -0.1) is 0 Å². The Kier molecular flexibility index (Phi) is 3.19. The van der Waals surface area contributed by atoms with Gasteiger partial charge in [0.25, 0.3) is 15.7 Å². The highest BCUT2D eigenvalue weighted by Gasteiger charge is 2.23. The molecule has 7 nitrogen and oxygen atoms in total. The first-order valence-corrected chi connectivity index (χ1v) is 7.64. The molecule has 0 atom stereocenters. The number of rotatable bonds is 2. The number of aromatic amines is 2. The zero-order valence-electron chi connectivity index (χ0n) is 11.0. The van der Waals surface area contributed by atoms with E-state index in [1.165, 1.54) is 12.1 Å². The Morgan fingerprint density at radius 3 is 2.23 bits per heavy atom. The smallest absolute Gasteiger partial charge is 0.307 e. The van der Waals surface area contributed by atoms with Crippen molar-refractivity contribution in [3.63, 3.8) is 0 Å². The second kappa shape index (κ2) is 4.93. The van der Waals surface area contributed by atoms with Crippen molar-refractivity contribution in [3.8, 4) is 11.1 Å². The fraction of sp³-hybridized carbons (Fsp3) is 0. The van der Waals surface area contributed by atoms with Gasteiger partial charge in [0.1, 0.15) is 4.90 Å². The van der Waals surface area contributed by atoms with Crippen LogP contribution in [0.15, 0.2) is 56.9 Å². The molecule has 0 fully saturated rings. The second-order valence-electron chi connectivity index (χ2n) is 4.61. The average molecular weight is 318 g/mol. The van der Waals surface area contributed by atoms with Crippen LogP contribution in [0.5, 0.6) is 0 Å². The third-order valence-corrected chi connectivity index (χ3v) is 4.14. The van der Waals surface area contributed by atoms with Crippen LogP contribution >= 0.6 is 0 Å². The highest BCUT2D eigenvalue weighted by molar-refractivity contribution is 7.86. The minimum absolute atomic E-state index is 0.0288. The minimum Gasteiger partial charge on any atom is -0.307 e. The van der Waals surface area contributed by atoms with Gasteiger partial charge in [-0.05, 0) is 11.6 Å². The molecule has 0 aliphatic heterocycles. The molecule has 0 amide bonds. The van der Waals surface area contributed by atoms with Crippen LogP contribution < -0.4 is 11.2 Å². The normalized spacial score (nSPS) is 11.7. The lowest BCUT2D eigenvalue weighted by atomic mass is 10.0. The van der Waals surface area contributed by atoms with Crippen LogP contribution in [0.25, 0.3) is 22.0 Å². The number of benzene rings is 2. The maximum absolute atomic E-state index is 12.0. The molecule has 1 heterocycles. The van der Waals surface area contributed by atoms with Crippen molar-refractivity contribution < 1.29 is 13.0 Å². The lowest BCUT2D eigenvalue weighted by molar-refractivity contribution is 0.484. The summed E-state index contributed by atoms with van der Waals surface area (Å²) in [6.07, 6.45) is 0. The van der Waals surface area contributed by atoms with Gasteiger partial charge in [-0.1, -0.05) is 36.4 Å². The molecule has 3 aromatic rings. The van der Waals surface area contributed by atoms with Gasteiger partial charge in [0.05, 0.1) is 10.9 Å². The third kappa shape index (κ3) is 2.34. The Morgan fingerprint density at radius 1 is 0.909 bits per heavy atom. The lowest BCUT2D eigenvalue weighted by Crippen LogP contribution is -2.23. The van der Waals surface area contributed by atoms with E-state index in [4.69, 9.17) is 0 Å². The van der Waals surface area contributed by atoms with E-state index in [0.717, 1.165) is 0 Å². The van der Waals surface area contributed by atoms with E-state index in [1.807, 2.05) is 4.98 Å². The molecule has 3 rings (SSSR count). The molecule has 0 aliphatic carbocycles. The van der Waals surface area contributed by atoms with E-state index in [0.29, 0.717) is 5.56 Å². The maximum Gasteiger partial charge on any atom is 0.326 e. The summed E-state index contributed by atoms with van der Waals surface area (Å²) < 4.78 is 33.1. The molecule has 2 aromatic carbocycles. The molecule has 22 heavy (non-hydrogen) atoms. The molecular formula is C14H10N2O5S. The van der Waals surface area contributed by atoms with Crippen LogP contribution in [0, 0.1) is 0 Å². The third-order valence-electron chi connectivity index (χ3n) is 3.20. The summed E-state index contributed by atoms with van der Waals surface area (Å²) in [6.45, 7) is 0. The van der Waals surface area contributed by atoms with Crippen LogP contribution in [0.4, 0.5) is 0 Å². The molecule has 1 aromatic heterocycles. The highest BCUT2D eigenvalue weighted by atomic mass is 32.2. The summed E-state index contributed by atoms with van der Waals surface area (Å²) in [5.41, 5.74) is -0.924. The van der Waals surface area contributed by atoms with Gasteiger partial charge in [-0.3, -0.25) is 14.3 Å². The summed E-state index contributed by atoms with van der Waals surface area (Å²) in [5, 5.41) is -0.288. The van der Waals surface area contributed by atoms with Crippen molar-refractivity contribution >= 4 is 21.0 Å². The van der Waals surface area contributed by atoms with Crippen molar-refractivity contribution in [2.45, 2.75) is 4.90 Å². The zero-order chi connectivity index (χ0) is 15.9. The van der Waals surface area contributed by atoms with Gasteiger partial charge >= 0.3 is 5.69 Å². The highest BCUT2D eigenvalue weighted by Crippen LogP contribution is 2.31. The molecule has 112 valence electrons. The number of nitrogens with one attached hydrogen (secondary N) is 2. The minimum atomic E-state index is -4.69. The van der Waals surface area contributed by atoms with Gasteiger partial charge in [0.15, 0.2) is 0 Å². The molecule has 0 bridgehead atoms. The lowest BCUT2D eigenvalue weighted by Gasteiger charge is -2.10. The summed E-state index contributed by atoms with van der Waals surface area (Å²) in [7, 11) is -4.69. The van der Waals surface area contributed by atoms with Gasteiger partial charge in [0.2, 0.25) is 0 Å². The van der Waals surface area contributed by atoms with Crippen molar-refractivity contribution in [2.24, 2.45) is 0 Å². The Balaban J connectivity index is 2.56. The SMILES string of the molecule is O=c1[nH]c(=O)c2c(S(=O)(=O)O)c(-c3ccccc3)ccc2[nH]1. The van der Waals surface area contributed by atoms with E-state index in [1.54, 1.807) is 30.3 Å². The van der Waals surface area contributed by atoms with E-state index < -0.39 is 26.3 Å². The first-order valence-electron chi connectivity index (χ1n) is 6.20. The fourth-order valence-corrected chi connectivity index (χ4v) is 3.27. The molecule has 3 N–H and O–H groups in total. The van der Waals surface area contributed by atoms with Crippen LogP contribution in [0.1, 0.15) is 0 Å². The first-order chi connectivity index (χ1) is 10.4. The Bertz CT molecular complexity index is 1080. The largest absolute Gasteiger partial charge is 0.326 e. The molecule has 0 aliphatic rings. The zero-order valence-corrected chi connectivity index (χ0v) is 11.8. The molecular weight excluding hydrogens is 308 g/mol. The van der Waals surface area contributed by atoms with Crippen molar-refractivity contribution in [1.82, 2.24) is 9.97 Å². The van der Waals surface area contributed by atoms with Crippen LogP contribution in [0.2, 0.25) is 0 Å². The van der Waals surface area contributed by atoms with Gasteiger partial charge in [0, 0.05) is 5.56 Å². The van der Waals surface area contributed by atoms with E-state index >= 15 is 0 Å². The Morgan fingerprint density at radius 2 is 1.59 bits per heavy atom. The number of H-pyrrole nitrogens is 2. The quantitative estimate of drug-likeness (QED) is 0.612. The standard InChI is InChI=1S/C14H10N2O5S/c17-13-11-10(15-14(18)16-13)7-6-9(12(11)22(19,20)21)8-4-2-1-3-5-8/h1-7H,(H,19,20,21)(H2,15,16,17,18). The van der Waals surface area contributed by atoms with Gasteiger partial charge in [-0.25, -0.2) is 4.79 Å². The number of hydrogen-bond acceptors (Lipinski definition) is 4. The maximum atomic E-state index is 12.0.